The van der Waals surface area contributed by atoms with Crippen molar-refractivity contribution in [3.05, 3.63) is 54.0 Å². The Morgan fingerprint density at radius 2 is 1.77 bits per heavy atom. The fourth-order valence-corrected chi connectivity index (χ4v) is 2.80. The van der Waals surface area contributed by atoms with E-state index in [1.165, 1.54) is 27.1 Å². The molecule has 0 unspecified atom stereocenters. The zero-order valence-electron chi connectivity index (χ0n) is 14.1. The number of hydrogen-bond donors (Lipinski definition) is 2. The van der Waals surface area contributed by atoms with Crippen LogP contribution in [-0.4, -0.2) is 35.7 Å². The number of aromatic carboxylic acids is 1. The first-order chi connectivity index (χ1) is 12.1. The first kappa shape index (κ1) is 19.6. The molecule has 0 saturated heterocycles. The first-order valence-corrected chi connectivity index (χ1v) is 8.01. The highest BCUT2D eigenvalue weighted by Crippen LogP contribution is 2.25. The lowest BCUT2D eigenvalue weighted by Gasteiger charge is -2.14. The van der Waals surface area contributed by atoms with Crippen LogP contribution in [0.4, 0.5) is 0 Å². The van der Waals surface area contributed by atoms with Crippen molar-refractivity contribution in [2.75, 3.05) is 0 Å². The summed E-state index contributed by atoms with van der Waals surface area (Å²) in [5.74, 6) is -1.33. The fourth-order valence-electron chi connectivity index (χ4n) is 2.38. The third kappa shape index (κ3) is 3.33. The molecule has 0 fully saturated rings. The smallest absolute Gasteiger partial charge is 0.338 e. The van der Waals surface area contributed by atoms with Crippen LogP contribution >= 0.6 is 23.8 Å². The summed E-state index contributed by atoms with van der Waals surface area (Å²) in [5.41, 5.74) is -1.17. The Kier molecular flexibility index (Phi) is 5.47. The summed E-state index contributed by atoms with van der Waals surface area (Å²) in [7, 11) is 2.80. The van der Waals surface area contributed by atoms with Gasteiger partial charge < -0.3 is 10.3 Å². The van der Waals surface area contributed by atoms with Crippen LogP contribution in [0.1, 0.15) is 22.8 Å². The highest BCUT2D eigenvalue weighted by atomic mass is 35.5. The summed E-state index contributed by atoms with van der Waals surface area (Å²) in [6.45, 7) is 1.51. The van der Waals surface area contributed by atoms with Crippen LogP contribution in [0.2, 0.25) is 5.02 Å². The zero-order valence-corrected chi connectivity index (χ0v) is 15.6. The lowest BCUT2D eigenvalue weighted by Crippen LogP contribution is -2.43. The van der Waals surface area contributed by atoms with Crippen LogP contribution in [0.5, 0.6) is 0 Å². The highest BCUT2D eigenvalue weighted by molar-refractivity contribution is 7.71. The van der Waals surface area contributed by atoms with Crippen molar-refractivity contribution in [3.63, 3.8) is 0 Å². The number of rotatable bonds is 4. The Balaban J connectivity index is 2.92. The zero-order chi connectivity index (χ0) is 19.8. The van der Waals surface area contributed by atoms with E-state index < -0.39 is 17.3 Å². The van der Waals surface area contributed by atoms with Crippen molar-refractivity contribution in [1.29, 1.82) is 0 Å². The second-order valence-electron chi connectivity index (χ2n) is 5.58. The molecule has 9 nitrogen and oxygen atoms in total. The SMILES string of the molecule is CC(Cc1cc(-n2c(=O)n(C)c(=S)n(C)c2=O)cc(C(=O)O)c1Cl)=NO. The van der Waals surface area contributed by atoms with E-state index in [0.29, 0.717) is 0 Å². The molecule has 2 aromatic rings. The maximum atomic E-state index is 12.5. The second-order valence-corrected chi connectivity index (χ2v) is 6.33. The van der Waals surface area contributed by atoms with E-state index in [1.807, 2.05) is 0 Å². The van der Waals surface area contributed by atoms with Gasteiger partial charge >= 0.3 is 17.3 Å². The minimum atomic E-state index is -1.33. The maximum absolute atomic E-state index is 12.5. The molecule has 2 N–H and O–H groups in total. The molecule has 1 aromatic carbocycles. The second kappa shape index (κ2) is 7.26. The fraction of sp³-hybridized carbons (Fsp3) is 0.267. The van der Waals surface area contributed by atoms with Crippen molar-refractivity contribution in [1.82, 2.24) is 13.7 Å². The molecule has 11 heteroatoms. The number of hydrogen-bond acceptors (Lipinski definition) is 6. The van der Waals surface area contributed by atoms with E-state index in [9.17, 15) is 19.5 Å². The maximum Gasteiger partial charge on any atom is 0.338 e. The average molecular weight is 399 g/mol. The van der Waals surface area contributed by atoms with E-state index in [1.54, 1.807) is 0 Å². The monoisotopic (exact) mass is 398 g/mol. The molecule has 0 amide bonds. The third-order valence-electron chi connectivity index (χ3n) is 3.77. The minimum Gasteiger partial charge on any atom is -0.478 e. The Morgan fingerprint density at radius 3 is 2.23 bits per heavy atom. The molecule has 0 bridgehead atoms. The van der Waals surface area contributed by atoms with Crippen LogP contribution in [0.15, 0.2) is 26.9 Å². The summed E-state index contributed by atoms with van der Waals surface area (Å²) in [6, 6.07) is 2.53. The van der Waals surface area contributed by atoms with Gasteiger partial charge in [-0.2, -0.15) is 0 Å². The standard InChI is InChI=1S/C15H15ClN4O5S/c1-7(17-25)4-8-5-9(6-10(11(8)16)12(21)22)20-13(23)18(2)15(26)19(3)14(20)24/h5-6,25H,4H2,1-3H3,(H,21,22). The molecule has 0 aliphatic rings. The van der Waals surface area contributed by atoms with Crippen LogP contribution in [0.3, 0.4) is 0 Å². The van der Waals surface area contributed by atoms with E-state index >= 15 is 0 Å². The Labute approximate surface area is 157 Å². The van der Waals surface area contributed by atoms with Crippen molar-refractivity contribution in [2.45, 2.75) is 13.3 Å². The summed E-state index contributed by atoms with van der Waals surface area (Å²) in [4.78, 5) is 36.6. The lowest BCUT2D eigenvalue weighted by molar-refractivity contribution is 0.0697. The summed E-state index contributed by atoms with van der Waals surface area (Å²) >= 11 is 11.1. The third-order valence-corrected chi connectivity index (χ3v) is 4.76. The highest BCUT2D eigenvalue weighted by Gasteiger charge is 2.19. The number of nitrogens with zero attached hydrogens (tertiary/aromatic N) is 4. The van der Waals surface area contributed by atoms with E-state index in [4.69, 9.17) is 29.0 Å². The molecular formula is C15H15ClN4O5S. The molecular weight excluding hydrogens is 384 g/mol. The molecule has 0 aliphatic carbocycles. The molecule has 0 radical (unpaired) electrons. The van der Waals surface area contributed by atoms with Gasteiger partial charge in [0.1, 0.15) is 0 Å². The Morgan fingerprint density at radius 1 is 1.23 bits per heavy atom. The van der Waals surface area contributed by atoms with E-state index in [2.05, 4.69) is 5.16 Å². The molecule has 2 rings (SSSR count). The minimum absolute atomic E-state index is 0.0174. The van der Waals surface area contributed by atoms with Gasteiger partial charge in [0.2, 0.25) is 0 Å². The summed E-state index contributed by atoms with van der Waals surface area (Å²) < 4.78 is 3.00. The quantitative estimate of drug-likeness (QED) is 0.347. The molecule has 138 valence electrons. The van der Waals surface area contributed by atoms with Gasteiger partial charge in [0.25, 0.3) is 0 Å². The predicted octanol–water partition coefficient (Wildman–Crippen LogP) is 1.35. The topological polar surface area (TPSA) is 119 Å². The van der Waals surface area contributed by atoms with Gasteiger partial charge in [-0.3, -0.25) is 9.13 Å². The Bertz CT molecular complexity index is 1070. The van der Waals surface area contributed by atoms with Gasteiger partial charge in [-0.05, 0) is 36.8 Å². The van der Waals surface area contributed by atoms with Gasteiger partial charge in [0.05, 0.1) is 22.0 Å². The molecule has 0 spiro atoms. The number of carboxylic acid groups (broad SMARTS) is 1. The number of aromatic nitrogens is 3. The van der Waals surface area contributed by atoms with Gasteiger partial charge in [0, 0.05) is 20.5 Å². The number of benzene rings is 1. The lowest BCUT2D eigenvalue weighted by atomic mass is 10.0. The molecule has 1 heterocycles. The summed E-state index contributed by atoms with van der Waals surface area (Å²) in [5, 5.41) is 21.2. The van der Waals surface area contributed by atoms with Gasteiger partial charge in [-0.25, -0.2) is 19.0 Å². The van der Waals surface area contributed by atoms with Gasteiger partial charge in [-0.15, -0.1) is 0 Å². The Hall–Kier alpha value is -2.72. The van der Waals surface area contributed by atoms with Crippen molar-refractivity contribution < 1.29 is 15.1 Å². The molecule has 0 saturated carbocycles. The first-order valence-electron chi connectivity index (χ1n) is 7.22. The largest absolute Gasteiger partial charge is 0.478 e. The summed E-state index contributed by atoms with van der Waals surface area (Å²) in [6.07, 6.45) is 0.0315. The van der Waals surface area contributed by atoms with E-state index in [-0.39, 0.29) is 38.7 Å². The molecule has 0 aliphatic heterocycles. The van der Waals surface area contributed by atoms with Crippen LogP contribution in [0, 0.1) is 4.77 Å². The average Bonchev–Trinajstić information content (AvgIpc) is 2.60. The van der Waals surface area contributed by atoms with Crippen LogP contribution < -0.4 is 11.4 Å². The van der Waals surface area contributed by atoms with Crippen LogP contribution in [0.25, 0.3) is 5.69 Å². The van der Waals surface area contributed by atoms with Crippen molar-refractivity contribution in [3.8, 4) is 5.69 Å². The molecule has 26 heavy (non-hydrogen) atoms. The molecule has 1 aromatic heterocycles. The van der Waals surface area contributed by atoms with Crippen molar-refractivity contribution >= 4 is 35.5 Å². The normalized spacial score (nSPS) is 11.6. The van der Waals surface area contributed by atoms with E-state index in [0.717, 1.165) is 19.8 Å². The number of carboxylic acids is 1. The number of oxime groups is 1. The number of carbonyl (C=O) groups is 1. The van der Waals surface area contributed by atoms with Gasteiger partial charge in [0.15, 0.2) is 4.77 Å². The van der Waals surface area contributed by atoms with Crippen LogP contribution in [-0.2, 0) is 20.5 Å². The molecule has 0 atom stereocenters. The number of halogens is 1. The van der Waals surface area contributed by atoms with Crippen molar-refractivity contribution in [2.24, 2.45) is 19.3 Å². The van der Waals surface area contributed by atoms with Gasteiger partial charge in [-0.1, -0.05) is 16.8 Å². The predicted molar refractivity (Wildman–Crippen MR) is 97.7 cm³/mol.